The van der Waals surface area contributed by atoms with Crippen LogP contribution in [0.5, 0.6) is 0 Å². The maximum Gasteiger partial charge on any atom is 0.338 e. The lowest BCUT2D eigenvalue weighted by atomic mass is 10.2. The SMILES string of the molecule is O=C(O)c1ccccc1.O=C(OCC1SCC[C@H]1OC(=O)c1ccccc1)c1ccccc1. The first kappa shape index (κ1) is 24.1. The van der Waals surface area contributed by atoms with Gasteiger partial charge < -0.3 is 14.6 Å². The summed E-state index contributed by atoms with van der Waals surface area (Å²) < 4.78 is 11.0. The molecule has 1 N–H and O–H groups in total. The van der Waals surface area contributed by atoms with Crippen LogP contribution in [0.4, 0.5) is 0 Å². The van der Waals surface area contributed by atoms with Crippen molar-refractivity contribution in [1.82, 2.24) is 0 Å². The topological polar surface area (TPSA) is 89.9 Å². The maximum atomic E-state index is 12.2. The molecule has 1 aliphatic rings. The minimum Gasteiger partial charge on any atom is -0.478 e. The summed E-state index contributed by atoms with van der Waals surface area (Å²) in [4.78, 5) is 34.4. The van der Waals surface area contributed by atoms with E-state index in [0.717, 1.165) is 12.2 Å². The zero-order chi connectivity index (χ0) is 23.5. The van der Waals surface area contributed by atoms with Crippen LogP contribution in [-0.2, 0) is 9.47 Å². The minimum atomic E-state index is -0.879. The van der Waals surface area contributed by atoms with Gasteiger partial charge in [0.15, 0.2) is 0 Å². The van der Waals surface area contributed by atoms with Gasteiger partial charge in [-0.3, -0.25) is 0 Å². The number of esters is 2. The number of benzene rings is 3. The van der Waals surface area contributed by atoms with Gasteiger partial charge in [0, 0.05) is 0 Å². The zero-order valence-corrected chi connectivity index (χ0v) is 18.6. The molecule has 3 aromatic carbocycles. The molecule has 2 atom stereocenters. The Balaban J connectivity index is 0.000000286. The summed E-state index contributed by atoms with van der Waals surface area (Å²) in [5.74, 6) is -0.672. The number of carboxylic acid groups (broad SMARTS) is 1. The number of carboxylic acids is 1. The van der Waals surface area contributed by atoms with Crippen LogP contribution in [0, 0.1) is 0 Å². The standard InChI is InChI=1S/C19H18O4S.C7H6O2/c20-18(14-7-3-1-4-8-14)22-13-17-16(11-12-24-17)23-19(21)15-9-5-2-6-10-15;8-7(9)6-4-2-1-3-5-6/h1-10,16-17H,11-13H2;1-5H,(H,8,9)/t16-,17?;/m1./s1. The third-order valence-corrected chi connectivity index (χ3v) is 6.16. The molecule has 0 radical (unpaired) electrons. The van der Waals surface area contributed by atoms with Crippen molar-refractivity contribution in [2.24, 2.45) is 0 Å². The maximum absolute atomic E-state index is 12.2. The number of carbonyl (C=O) groups excluding carboxylic acids is 2. The summed E-state index contributed by atoms with van der Waals surface area (Å²) >= 11 is 1.67. The Morgan fingerprint density at radius 2 is 1.24 bits per heavy atom. The molecule has 0 aromatic heterocycles. The number of ether oxygens (including phenoxy) is 2. The Morgan fingerprint density at radius 3 is 1.73 bits per heavy atom. The van der Waals surface area contributed by atoms with Crippen LogP contribution in [0.1, 0.15) is 37.5 Å². The highest BCUT2D eigenvalue weighted by molar-refractivity contribution is 8.00. The molecule has 3 aromatic rings. The Kier molecular flexibility index (Phi) is 9.08. The van der Waals surface area contributed by atoms with E-state index in [2.05, 4.69) is 0 Å². The van der Waals surface area contributed by atoms with Crippen molar-refractivity contribution in [1.29, 1.82) is 0 Å². The number of thioether (sulfide) groups is 1. The average Bonchev–Trinajstić information content (AvgIpc) is 3.31. The average molecular weight is 465 g/mol. The van der Waals surface area contributed by atoms with Gasteiger partial charge >= 0.3 is 17.9 Å². The molecule has 1 unspecified atom stereocenters. The lowest BCUT2D eigenvalue weighted by Crippen LogP contribution is -2.29. The molecule has 1 aliphatic heterocycles. The molecule has 4 rings (SSSR count). The van der Waals surface area contributed by atoms with Gasteiger partial charge in [0.2, 0.25) is 0 Å². The minimum absolute atomic E-state index is 0.0228. The van der Waals surface area contributed by atoms with Crippen LogP contribution >= 0.6 is 11.8 Å². The fourth-order valence-electron chi connectivity index (χ4n) is 3.09. The second-order valence-corrected chi connectivity index (χ2v) is 8.49. The Hall–Kier alpha value is -3.58. The molecule has 170 valence electrons. The highest BCUT2D eigenvalue weighted by atomic mass is 32.2. The summed E-state index contributed by atoms with van der Waals surface area (Å²) in [6.45, 7) is 0.241. The van der Waals surface area contributed by atoms with Gasteiger partial charge in [-0.05, 0) is 48.6 Å². The molecule has 7 heteroatoms. The molecule has 0 spiro atoms. The third kappa shape index (κ3) is 7.50. The summed E-state index contributed by atoms with van der Waals surface area (Å²) in [6.07, 6.45) is 0.544. The van der Waals surface area contributed by atoms with Crippen molar-refractivity contribution in [3.8, 4) is 0 Å². The second kappa shape index (κ2) is 12.5. The van der Waals surface area contributed by atoms with Crippen molar-refractivity contribution in [2.75, 3.05) is 12.4 Å². The van der Waals surface area contributed by atoms with Gasteiger partial charge in [0.25, 0.3) is 0 Å². The van der Waals surface area contributed by atoms with Crippen LogP contribution in [0.15, 0.2) is 91.0 Å². The van der Waals surface area contributed by atoms with Crippen molar-refractivity contribution in [2.45, 2.75) is 17.8 Å². The summed E-state index contributed by atoms with van der Waals surface area (Å²) in [5, 5.41) is 8.36. The second-order valence-electron chi connectivity index (χ2n) is 7.14. The number of aromatic carboxylic acids is 1. The smallest absolute Gasteiger partial charge is 0.338 e. The fraction of sp³-hybridized carbons (Fsp3) is 0.192. The van der Waals surface area contributed by atoms with E-state index in [9.17, 15) is 14.4 Å². The van der Waals surface area contributed by atoms with E-state index < -0.39 is 5.97 Å². The number of hydrogen-bond acceptors (Lipinski definition) is 6. The first-order valence-corrected chi connectivity index (χ1v) is 11.5. The summed E-state index contributed by atoms with van der Waals surface area (Å²) in [7, 11) is 0. The van der Waals surface area contributed by atoms with E-state index in [-0.39, 0.29) is 29.9 Å². The Labute approximate surface area is 196 Å². The van der Waals surface area contributed by atoms with Gasteiger partial charge in [-0.15, -0.1) is 0 Å². The third-order valence-electron chi connectivity index (χ3n) is 4.83. The number of carbonyl (C=O) groups is 3. The lowest BCUT2D eigenvalue weighted by molar-refractivity contribution is 0.0220. The van der Waals surface area contributed by atoms with Gasteiger partial charge in [0.05, 0.1) is 21.9 Å². The molecular formula is C26H24O6S. The highest BCUT2D eigenvalue weighted by Crippen LogP contribution is 2.30. The fourth-order valence-corrected chi connectivity index (χ4v) is 4.34. The van der Waals surface area contributed by atoms with Crippen LogP contribution in [0.25, 0.3) is 0 Å². The van der Waals surface area contributed by atoms with Crippen LogP contribution < -0.4 is 0 Å². The van der Waals surface area contributed by atoms with E-state index in [1.165, 1.54) is 0 Å². The normalized spacial score (nSPS) is 16.7. The van der Waals surface area contributed by atoms with Crippen LogP contribution in [0.3, 0.4) is 0 Å². The molecule has 1 fully saturated rings. The molecule has 0 amide bonds. The summed E-state index contributed by atoms with van der Waals surface area (Å²) in [6, 6.07) is 26.1. The Morgan fingerprint density at radius 1 is 0.758 bits per heavy atom. The van der Waals surface area contributed by atoms with Crippen LogP contribution in [-0.4, -0.2) is 46.7 Å². The molecule has 0 aliphatic carbocycles. The van der Waals surface area contributed by atoms with Gasteiger partial charge in [-0.25, -0.2) is 14.4 Å². The molecule has 0 saturated carbocycles. The molecular weight excluding hydrogens is 440 g/mol. The predicted octanol–water partition coefficient (Wildman–Crippen LogP) is 4.96. The van der Waals surface area contributed by atoms with E-state index in [1.54, 1.807) is 90.6 Å². The van der Waals surface area contributed by atoms with Gasteiger partial charge in [0.1, 0.15) is 12.7 Å². The molecule has 1 saturated heterocycles. The van der Waals surface area contributed by atoms with E-state index >= 15 is 0 Å². The predicted molar refractivity (Wildman–Crippen MR) is 127 cm³/mol. The van der Waals surface area contributed by atoms with E-state index in [1.807, 2.05) is 12.1 Å². The van der Waals surface area contributed by atoms with Crippen molar-refractivity contribution in [3.05, 3.63) is 108 Å². The Bertz CT molecular complexity index is 1040. The van der Waals surface area contributed by atoms with E-state index in [4.69, 9.17) is 14.6 Å². The molecule has 33 heavy (non-hydrogen) atoms. The van der Waals surface area contributed by atoms with Crippen molar-refractivity contribution in [3.63, 3.8) is 0 Å². The number of rotatable bonds is 6. The van der Waals surface area contributed by atoms with Crippen LogP contribution in [0.2, 0.25) is 0 Å². The molecule has 1 heterocycles. The zero-order valence-electron chi connectivity index (χ0n) is 17.8. The highest BCUT2D eigenvalue weighted by Gasteiger charge is 2.32. The quantitative estimate of drug-likeness (QED) is 0.516. The van der Waals surface area contributed by atoms with Gasteiger partial charge in [-0.2, -0.15) is 11.8 Å². The summed E-state index contributed by atoms with van der Waals surface area (Å²) in [5.41, 5.74) is 1.39. The molecule has 6 nitrogen and oxygen atoms in total. The first-order valence-electron chi connectivity index (χ1n) is 10.4. The van der Waals surface area contributed by atoms with Crippen molar-refractivity contribution < 1.29 is 29.0 Å². The number of hydrogen-bond donors (Lipinski definition) is 1. The first-order chi connectivity index (χ1) is 16.0. The lowest BCUT2D eigenvalue weighted by Gasteiger charge is -2.19. The van der Waals surface area contributed by atoms with Crippen molar-refractivity contribution >= 4 is 29.7 Å². The molecule has 0 bridgehead atoms. The largest absolute Gasteiger partial charge is 0.478 e. The monoisotopic (exact) mass is 464 g/mol. The van der Waals surface area contributed by atoms with E-state index in [0.29, 0.717) is 16.7 Å². The van der Waals surface area contributed by atoms with Gasteiger partial charge in [-0.1, -0.05) is 54.6 Å².